The Balaban J connectivity index is 1.27. The summed E-state index contributed by atoms with van der Waals surface area (Å²) in [7, 11) is 0. The Labute approximate surface area is 243 Å². The molecular weight excluding hydrogens is 512 g/mol. The van der Waals surface area contributed by atoms with Gasteiger partial charge in [0, 0.05) is 27.5 Å². The van der Waals surface area contributed by atoms with Crippen molar-refractivity contribution >= 4 is 49.9 Å². The summed E-state index contributed by atoms with van der Waals surface area (Å²) in [6.07, 6.45) is 1.85. The van der Waals surface area contributed by atoms with Gasteiger partial charge in [-0.2, -0.15) is 0 Å². The number of pyridine rings is 1. The van der Waals surface area contributed by atoms with E-state index < -0.39 is 0 Å². The van der Waals surface area contributed by atoms with Crippen LogP contribution in [0.4, 0.5) is 17.2 Å². The molecule has 0 fully saturated rings. The molecule has 8 rings (SSSR count). The van der Waals surface area contributed by atoms with Gasteiger partial charge in [-0.3, -0.25) is 4.90 Å². The van der Waals surface area contributed by atoms with Gasteiger partial charge in [-0.15, -0.1) is 0 Å². The molecule has 0 amide bonds. The zero-order chi connectivity index (χ0) is 27.9. The molecule has 3 nitrogen and oxygen atoms in total. The first-order valence-electron chi connectivity index (χ1n) is 14.1. The highest BCUT2D eigenvalue weighted by molar-refractivity contribution is 6.15. The zero-order valence-electron chi connectivity index (χ0n) is 22.8. The lowest BCUT2D eigenvalue weighted by molar-refractivity contribution is 0.670. The van der Waals surface area contributed by atoms with Crippen LogP contribution in [0.2, 0.25) is 0 Å². The van der Waals surface area contributed by atoms with Gasteiger partial charge < -0.3 is 4.42 Å². The van der Waals surface area contributed by atoms with Crippen molar-refractivity contribution in [2.45, 2.75) is 0 Å². The monoisotopic (exact) mass is 538 g/mol. The summed E-state index contributed by atoms with van der Waals surface area (Å²) in [5.74, 6) is 0.832. The van der Waals surface area contributed by atoms with Crippen LogP contribution in [0.3, 0.4) is 0 Å². The molecule has 0 N–H and O–H groups in total. The van der Waals surface area contributed by atoms with E-state index in [2.05, 4.69) is 144 Å². The van der Waals surface area contributed by atoms with E-state index in [4.69, 9.17) is 9.40 Å². The molecule has 0 aliphatic heterocycles. The van der Waals surface area contributed by atoms with Crippen LogP contribution >= 0.6 is 0 Å². The average Bonchev–Trinajstić information content (AvgIpc) is 3.45. The number of furan rings is 1. The van der Waals surface area contributed by atoms with Crippen LogP contribution < -0.4 is 4.90 Å². The Morgan fingerprint density at radius 2 is 1.00 bits per heavy atom. The fourth-order valence-electron chi connectivity index (χ4n) is 5.80. The Morgan fingerprint density at radius 3 is 1.62 bits per heavy atom. The quantitative estimate of drug-likeness (QED) is 0.218. The summed E-state index contributed by atoms with van der Waals surface area (Å²) in [4.78, 5) is 7.14. The number of fused-ring (bicyclic) bond motifs is 5. The fraction of sp³-hybridized carbons (Fsp3) is 0. The van der Waals surface area contributed by atoms with E-state index in [0.29, 0.717) is 0 Å². The van der Waals surface area contributed by atoms with Gasteiger partial charge in [0.1, 0.15) is 11.4 Å². The van der Waals surface area contributed by atoms with Crippen LogP contribution in [-0.4, -0.2) is 4.98 Å². The summed E-state index contributed by atoms with van der Waals surface area (Å²) in [5.41, 5.74) is 8.49. The molecule has 8 aromatic rings. The molecule has 0 bridgehead atoms. The highest BCUT2D eigenvalue weighted by atomic mass is 16.3. The van der Waals surface area contributed by atoms with E-state index in [1.165, 1.54) is 22.3 Å². The molecule has 42 heavy (non-hydrogen) atoms. The van der Waals surface area contributed by atoms with E-state index in [0.717, 1.165) is 49.9 Å². The Hall–Kier alpha value is -5.67. The van der Waals surface area contributed by atoms with Crippen molar-refractivity contribution in [1.82, 2.24) is 4.98 Å². The van der Waals surface area contributed by atoms with Crippen molar-refractivity contribution in [3.63, 3.8) is 0 Å². The molecule has 0 saturated heterocycles. The summed E-state index contributed by atoms with van der Waals surface area (Å²) in [6.45, 7) is 0. The molecule has 0 saturated carbocycles. The first-order chi connectivity index (χ1) is 20.8. The van der Waals surface area contributed by atoms with Crippen LogP contribution in [0.15, 0.2) is 162 Å². The molecular formula is C39H26N2O. The van der Waals surface area contributed by atoms with Crippen molar-refractivity contribution in [3.05, 3.63) is 158 Å². The van der Waals surface area contributed by atoms with Crippen molar-refractivity contribution in [2.24, 2.45) is 0 Å². The molecule has 0 radical (unpaired) electrons. The van der Waals surface area contributed by atoms with Gasteiger partial charge in [-0.1, -0.05) is 115 Å². The van der Waals surface area contributed by atoms with Gasteiger partial charge in [0.05, 0.1) is 6.20 Å². The van der Waals surface area contributed by atoms with Gasteiger partial charge in [0.15, 0.2) is 5.58 Å². The molecule has 198 valence electrons. The summed E-state index contributed by atoms with van der Waals surface area (Å²) >= 11 is 0. The van der Waals surface area contributed by atoms with E-state index >= 15 is 0 Å². The number of rotatable bonds is 5. The predicted octanol–water partition coefficient (Wildman–Crippen LogP) is 10.9. The maximum atomic E-state index is 6.36. The molecule has 6 aromatic carbocycles. The second-order valence-electron chi connectivity index (χ2n) is 10.5. The number of benzene rings is 6. The first kappa shape index (κ1) is 24.2. The topological polar surface area (TPSA) is 29.3 Å². The van der Waals surface area contributed by atoms with Crippen molar-refractivity contribution in [2.75, 3.05) is 4.90 Å². The fourth-order valence-corrected chi connectivity index (χ4v) is 5.80. The van der Waals surface area contributed by atoms with E-state index in [1.807, 2.05) is 18.3 Å². The zero-order valence-corrected chi connectivity index (χ0v) is 22.8. The molecule has 0 atom stereocenters. The summed E-state index contributed by atoms with van der Waals surface area (Å²) < 4.78 is 6.36. The minimum absolute atomic E-state index is 0.781. The van der Waals surface area contributed by atoms with Crippen LogP contribution in [0.1, 0.15) is 0 Å². The summed E-state index contributed by atoms with van der Waals surface area (Å²) in [6, 6.07) is 53.1. The first-order valence-corrected chi connectivity index (χ1v) is 14.1. The molecule has 0 aliphatic rings. The molecule has 2 heterocycles. The largest absolute Gasteiger partial charge is 0.454 e. The van der Waals surface area contributed by atoms with Gasteiger partial charge in [0.25, 0.3) is 0 Å². The smallest absolute Gasteiger partial charge is 0.153 e. The number of hydrogen-bond donors (Lipinski definition) is 0. The number of aromatic nitrogens is 1. The summed E-state index contributed by atoms with van der Waals surface area (Å²) in [5, 5.41) is 4.41. The van der Waals surface area contributed by atoms with E-state index in [9.17, 15) is 0 Å². The third-order valence-electron chi connectivity index (χ3n) is 7.93. The SMILES string of the molecule is c1ccc(-c2ccc(N(c3ccc(-c4ccccc4)cc3)c3cc4c(cn3)oc3c5ccccc5ccc43)cc2)cc1. The Morgan fingerprint density at radius 1 is 0.452 bits per heavy atom. The van der Waals surface area contributed by atoms with Crippen LogP contribution in [0.25, 0.3) is 55.0 Å². The van der Waals surface area contributed by atoms with Gasteiger partial charge in [-0.25, -0.2) is 4.98 Å². The van der Waals surface area contributed by atoms with E-state index in [-0.39, 0.29) is 0 Å². The second kappa shape index (κ2) is 10.1. The van der Waals surface area contributed by atoms with Crippen LogP contribution in [0, 0.1) is 0 Å². The normalized spacial score (nSPS) is 11.3. The minimum atomic E-state index is 0.781. The van der Waals surface area contributed by atoms with Crippen molar-refractivity contribution in [1.29, 1.82) is 0 Å². The molecule has 0 unspecified atom stereocenters. The maximum Gasteiger partial charge on any atom is 0.153 e. The van der Waals surface area contributed by atoms with Crippen LogP contribution in [-0.2, 0) is 0 Å². The lowest BCUT2D eigenvalue weighted by Gasteiger charge is -2.25. The molecule has 2 aromatic heterocycles. The lowest BCUT2D eigenvalue weighted by Crippen LogP contribution is -2.11. The van der Waals surface area contributed by atoms with Gasteiger partial charge >= 0.3 is 0 Å². The Bertz CT molecular complexity index is 2080. The maximum absolute atomic E-state index is 6.36. The average molecular weight is 539 g/mol. The molecule has 0 spiro atoms. The van der Waals surface area contributed by atoms with Crippen molar-refractivity contribution < 1.29 is 4.42 Å². The lowest BCUT2D eigenvalue weighted by atomic mass is 10.0. The van der Waals surface area contributed by atoms with Gasteiger partial charge in [0.2, 0.25) is 0 Å². The van der Waals surface area contributed by atoms with Crippen molar-refractivity contribution in [3.8, 4) is 22.3 Å². The second-order valence-corrected chi connectivity index (χ2v) is 10.5. The van der Waals surface area contributed by atoms with Gasteiger partial charge in [-0.05, 0) is 64.0 Å². The third kappa shape index (κ3) is 4.20. The highest BCUT2D eigenvalue weighted by Crippen LogP contribution is 2.39. The number of anilines is 3. The molecule has 3 heteroatoms. The van der Waals surface area contributed by atoms with E-state index in [1.54, 1.807) is 0 Å². The third-order valence-corrected chi connectivity index (χ3v) is 7.93. The number of hydrogen-bond acceptors (Lipinski definition) is 3. The minimum Gasteiger partial charge on any atom is -0.454 e. The number of nitrogens with zero attached hydrogens (tertiary/aromatic N) is 2. The predicted molar refractivity (Wildman–Crippen MR) is 175 cm³/mol. The molecule has 0 aliphatic carbocycles. The standard InChI is InChI=1S/C39H26N2O/c1-3-9-27(10-4-1)29-15-20-32(21-16-29)41(33-22-17-30(18-23-33)28-11-5-2-6-12-28)38-25-36-35-24-19-31-13-7-8-14-34(31)39(35)42-37(36)26-40-38/h1-26H. The van der Waals surface area contributed by atoms with Crippen LogP contribution in [0.5, 0.6) is 0 Å². The Kier molecular flexibility index (Phi) is 5.79. The highest BCUT2D eigenvalue weighted by Gasteiger charge is 2.18.